The summed E-state index contributed by atoms with van der Waals surface area (Å²) in [6.45, 7) is 8.35. The topological polar surface area (TPSA) is 58.2 Å². The van der Waals surface area contributed by atoms with Gasteiger partial charge in [0.1, 0.15) is 0 Å². The normalized spacial score (nSPS) is 21.0. The molecule has 1 aliphatic heterocycles. The molecule has 0 aliphatic carbocycles. The number of carbonyl (C=O) groups is 2. The maximum absolute atomic E-state index is 12.7. The third-order valence-corrected chi connectivity index (χ3v) is 6.85. The van der Waals surface area contributed by atoms with E-state index >= 15 is 0 Å². The molecule has 0 unspecified atom stereocenters. The molecule has 1 aliphatic rings. The highest BCUT2D eigenvalue weighted by atomic mass is 32.1. The summed E-state index contributed by atoms with van der Waals surface area (Å²) in [5.74, 6) is 0.0119. The van der Waals surface area contributed by atoms with Crippen molar-refractivity contribution in [2.45, 2.75) is 52.6 Å². The van der Waals surface area contributed by atoms with Gasteiger partial charge in [0.15, 0.2) is 0 Å². The minimum absolute atomic E-state index is 0.0424. The van der Waals surface area contributed by atoms with Crippen LogP contribution in [0, 0.1) is 12.3 Å². The molecule has 2 aromatic heterocycles. The van der Waals surface area contributed by atoms with Crippen LogP contribution < -0.4 is 10.6 Å². The molecule has 3 rings (SSSR count). The van der Waals surface area contributed by atoms with Crippen LogP contribution in [0.2, 0.25) is 0 Å². The summed E-state index contributed by atoms with van der Waals surface area (Å²) in [4.78, 5) is 27.6. The number of amides is 2. The molecule has 1 saturated heterocycles. The molecule has 2 aromatic rings. The van der Waals surface area contributed by atoms with Gasteiger partial charge >= 0.3 is 0 Å². The summed E-state index contributed by atoms with van der Waals surface area (Å²) in [7, 11) is 0. The second-order valence-corrected chi connectivity index (χ2v) is 9.63. The van der Waals surface area contributed by atoms with Crippen LogP contribution in [0.3, 0.4) is 0 Å². The van der Waals surface area contributed by atoms with E-state index in [0.717, 1.165) is 4.88 Å². The fourth-order valence-electron chi connectivity index (χ4n) is 3.22. The van der Waals surface area contributed by atoms with Crippen LogP contribution in [0.1, 0.15) is 48.8 Å². The summed E-state index contributed by atoms with van der Waals surface area (Å²) in [5.41, 5.74) is 1.13. The number of rotatable bonds is 3. The lowest BCUT2D eigenvalue weighted by Gasteiger charge is -2.40. The molecule has 3 heterocycles. The van der Waals surface area contributed by atoms with E-state index in [1.54, 1.807) is 11.3 Å². The van der Waals surface area contributed by atoms with Crippen molar-refractivity contribution in [2.75, 3.05) is 0 Å². The number of thiophene rings is 2. The van der Waals surface area contributed by atoms with Crippen LogP contribution in [-0.4, -0.2) is 23.9 Å². The van der Waals surface area contributed by atoms with Gasteiger partial charge in [-0.15, -0.1) is 22.7 Å². The van der Waals surface area contributed by atoms with E-state index in [0.29, 0.717) is 17.7 Å². The lowest BCUT2D eigenvalue weighted by Crippen LogP contribution is -2.60. The van der Waals surface area contributed by atoms with Crippen molar-refractivity contribution >= 4 is 34.5 Å². The highest BCUT2D eigenvalue weighted by molar-refractivity contribution is 7.22. The maximum Gasteiger partial charge on any atom is 0.261 e. The van der Waals surface area contributed by atoms with Crippen LogP contribution in [-0.2, 0) is 4.79 Å². The second-order valence-electron chi connectivity index (χ2n) is 7.63. The number of hydrogen-bond acceptors (Lipinski definition) is 4. The molecule has 4 nitrogen and oxygen atoms in total. The van der Waals surface area contributed by atoms with Gasteiger partial charge in [0, 0.05) is 16.2 Å². The summed E-state index contributed by atoms with van der Waals surface area (Å²) in [6.07, 6.45) is 1.14. The molecule has 0 aromatic carbocycles. The molecule has 2 amide bonds. The standard InChI is InChI=1S/C19H24N2O2S2/c1-11-9-10-24-16(11)13-6-7-14(25-13)18(23)20-12-5-8-15(22)21-17(12)19(2,3)4/h6-7,9-10,12,17H,5,8H2,1-4H3,(H,20,23)(H,21,22)/t12-,17-/m1/s1. The van der Waals surface area contributed by atoms with Crippen LogP contribution >= 0.6 is 22.7 Å². The Labute approximate surface area is 156 Å². The molecule has 2 atom stereocenters. The zero-order chi connectivity index (χ0) is 18.2. The average molecular weight is 377 g/mol. The number of carbonyl (C=O) groups excluding carboxylic acids is 2. The van der Waals surface area contributed by atoms with Gasteiger partial charge in [-0.25, -0.2) is 0 Å². The third kappa shape index (κ3) is 3.96. The number of aryl methyl sites for hydroxylation is 1. The largest absolute Gasteiger partial charge is 0.351 e. The molecule has 0 bridgehead atoms. The predicted octanol–water partition coefficient (Wildman–Crippen LogP) is 4.21. The minimum Gasteiger partial charge on any atom is -0.351 e. The molecule has 2 N–H and O–H groups in total. The van der Waals surface area contributed by atoms with Crippen LogP contribution in [0.15, 0.2) is 23.6 Å². The molecule has 134 valence electrons. The highest BCUT2D eigenvalue weighted by Crippen LogP contribution is 2.34. The predicted molar refractivity (Wildman–Crippen MR) is 104 cm³/mol. The van der Waals surface area contributed by atoms with Crippen LogP contribution in [0.4, 0.5) is 0 Å². The first-order valence-corrected chi connectivity index (χ1v) is 10.2. The first-order valence-electron chi connectivity index (χ1n) is 8.50. The van der Waals surface area contributed by atoms with Crippen molar-refractivity contribution in [3.05, 3.63) is 34.0 Å². The van der Waals surface area contributed by atoms with Crippen molar-refractivity contribution in [3.63, 3.8) is 0 Å². The van der Waals surface area contributed by atoms with Crippen molar-refractivity contribution < 1.29 is 9.59 Å². The number of piperidine rings is 1. The van der Waals surface area contributed by atoms with Gasteiger partial charge in [-0.05, 0) is 47.9 Å². The smallest absolute Gasteiger partial charge is 0.261 e. The van der Waals surface area contributed by atoms with Gasteiger partial charge < -0.3 is 10.6 Å². The SMILES string of the molecule is Cc1ccsc1-c1ccc(C(=O)N[C@@H]2CCC(=O)N[C@H]2C(C)(C)C)s1. The Balaban J connectivity index is 1.74. The van der Waals surface area contributed by atoms with E-state index in [1.165, 1.54) is 21.8 Å². The fraction of sp³-hybridized carbons (Fsp3) is 0.474. The second kappa shape index (κ2) is 6.92. The molecule has 0 radical (unpaired) electrons. The molecular formula is C19H24N2O2S2. The Morgan fingerprint density at radius 3 is 2.68 bits per heavy atom. The van der Waals surface area contributed by atoms with Crippen molar-refractivity contribution in [2.24, 2.45) is 5.41 Å². The number of nitrogens with one attached hydrogen (secondary N) is 2. The number of hydrogen-bond donors (Lipinski definition) is 2. The van der Waals surface area contributed by atoms with E-state index in [-0.39, 0.29) is 29.3 Å². The van der Waals surface area contributed by atoms with Gasteiger partial charge in [-0.2, -0.15) is 0 Å². The molecule has 6 heteroatoms. The maximum atomic E-state index is 12.7. The Kier molecular flexibility index (Phi) is 5.02. The average Bonchev–Trinajstić information content (AvgIpc) is 3.16. The van der Waals surface area contributed by atoms with E-state index in [2.05, 4.69) is 49.8 Å². The van der Waals surface area contributed by atoms with Crippen molar-refractivity contribution in [1.29, 1.82) is 0 Å². The summed E-state index contributed by atoms with van der Waals surface area (Å²) < 4.78 is 0. The Bertz CT molecular complexity index is 785. The van der Waals surface area contributed by atoms with Gasteiger partial charge in [0.2, 0.25) is 5.91 Å². The zero-order valence-corrected chi connectivity index (χ0v) is 16.6. The van der Waals surface area contributed by atoms with Gasteiger partial charge in [0.05, 0.1) is 17.0 Å². The first-order chi connectivity index (χ1) is 11.8. The molecule has 0 saturated carbocycles. The fourth-order valence-corrected chi connectivity index (χ4v) is 5.25. The van der Waals surface area contributed by atoms with E-state index < -0.39 is 0 Å². The zero-order valence-electron chi connectivity index (χ0n) is 15.0. The monoisotopic (exact) mass is 376 g/mol. The summed E-state index contributed by atoms with van der Waals surface area (Å²) in [5, 5.41) is 8.27. The third-order valence-electron chi connectivity index (χ3n) is 4.57. The molecular weight excluding hydrogens is 352 g/mol. The van der Waals surface area contributed by atoms with E-state index in [1.807, 2.05) is 12.1 Å². The van der Waals surface area contributed by atoms with E-state index in [4.69, 9.17) is 0 Å². The van der Waals surface area contributed by atoms with Crippen LogP contribution in [0.25, 0.3) is 9.75 Å². The Hall–Kier alpha value is -1.66. The lowest BCUT2D eigenvalue weighted by atomic mass is 9.78. The van der Waals surface area contributed by atoms with Gasteiger partial charge in [-0.1, -0.05) is 20.8 Å². The molecule has 0 spiro atoms. The Morgan fingerprint density at radius 1 is 1.28 bits per heavy atom. The summed E-state index contributed by atoms with van der Waals surface area (Å²) >= 11 is 3.22. The Morgan fingerprint density at radius 2 is 2.04 bits per heavy atom. The first kappa shape index (κ1) is 18.1. The molecule has 1 fully saturated rings. The van der Waals surface area contributed by atoms with Crippen molar-refractivity contribution in [1.82, 2.24) is 10.6 Å². The van der Waals surface area contributed by atoms with Gasteiger partial charge in [0.25, 0.3) is 5.91 Å². The van der Waals surface area contributed by atoms with Gasteiger partial charge in [-0.3, -0.25) is 9.59 Å². The van der Waals surface area contributed by atoms with E-state index in [9.17, 15) is 9.59 Å². The minimum atomic E-state index is -0.108. The molecule has 25 heavy (non-hydrogen) atoms. The highest BCUT2D eigenvalue weighted by Gasteiger charge is 2.37. The van der Waals surface area contributed by atoms with Crippen molar-refractivity contribution in [3.8, 4) is 9.75 Å². The van der Waals surface area contributed by atoms with Crippen LogP contribution in [0.5, 0.6) is 0 Å². The lowest BCUT2D eigenvalue weighted by molar-refractivity contribution is -0.125. The quantitative estimate of drug-likeness (QED) is 0.843. The summed E-state index contributed by atoms with van der Waals surface area (Å²) in [6, 6.07) is 5.90.